The van der Waals surface area contributed by atoms with Gasteiger partial charge in [-0.1, -0.05) is 30.4 Å². The summed E-state index contributed by atoms with van der Waals surface area (Å²) in [5.74, 6) is -3.90. The Kier molecular flexibility index (Phi) is 5.98. The molecule has 2 saturated heterocycles. The van der Waals surface area contributed by atoms with Gasteiger partial charge in [0.25, 0.3) is 11.4 Å². The number of benzene rings is 3. The van der Waals surface area contributed by atoms with E-state index in [9.17, 15) is 34.6 Å². The average molecular weight is 556 g/mol. The van der Waals surface area contributed by atoms with E-state index >= 15 is 0 Å². The van der Waals surface area contributed by atoms with E-state index in [1.165, 1.54) is 43.5 Å². The molecular formula is C28H21N5O8. The molecule has 3 aliphatic rings. The fraction of sp³-hybridized carbons (Fsp3) is 0.179. The molecule has 0 aliphatic carbocycles. The summed E-state index contributed by atoms with van der Waals surface area (Å²) in [6.45, 7) is 0. The van der Waals surface area contributed by atoms with E-state index in [2.05, 4.69) is 5.32 Å². The van der Waals surface area contributed by atoms with Crippen molar-refractivity contribution >= 4 is 52.2 Å². The highest BCUT2D eigenvalue weighted by molar-refractivity contribution is 6.26. The van der Waals surface area contributed by atoms with Gasteiger partial charge in [-0.15, -0.1) is 0 Å². The number of carbonyl (C=O) groups is 3. The lowest BCUT2D eigenvalue weighted by Gasteiger charge is -2.36. The van der Waals surface area contributed by atoms with Gasteiger partial charge in [0.1, 0.15) is 17.5 Å². The summed E-state index contributed by atoms with van der Waals surface area (Å²) in [7, 11) is 1.32. The first-order valence-electron chi connectivity index (χ1n) is 12.5. The van der Waals surface area contributed by atoms with Gasteiger partial charge in [0.15, 0.2) is 0 Å². The maximum Gasteiger partial charge on any atom is 0.271 e. The summed E-state index contributed by atoms with van der Waals surface area (Å²) >= 11 is 0. The van der Waals surface area contributed by atoms with E-state index in [1.54, 1.807) is 23.1 Å². The van der Waals surface area contributed by atoms with Crippen molar-refractivity contribution in [3.05, 3.63) is 98.6 Å². The summed E-state index contributed by atoms with van der Waals surface area (Å²) in [5, 5.41) is 25.3. The van der Waals surface area contributed by atoms with Crippen molar-refractivity contribution in [3.63, 3.8) is 0 Å². The van der Waals surface area contributed by atoms with E-state index in [1.807, 2.05) is 18.2 Å². The van der Waals surface area contributed by atoms with Crippen LogP contribution in [-0.4, -0.2) is 46.8 Å². The summed E-state index contributed by atoms with van der Waals surface area (Å²) in [6.07, 6.45) is 3.61. The number of methoxy groups -OCH3 is 1. The number of hydrogen-bond donors (Lipinski definition) is 1. The Morgan fingerprint density at radius 1 is 0.878 bits per heavy atom. The van der Waals surface area contributed by atoms with Crippen LogP contribution in [0.2, 0.25) is 0 Å². The van der Waals surface area contributed by atoms with E-state index in [0.717, 1.165) is 16.5 Å². The summed E-state index contributed by atoms with van der Waals surface area (Å²) in [5.41, 5.74) is 1.17. The number of anilines is 3. The Balaban J connectivity index is 1.43. The molecule has 41 heavy (non-hydrogen) atoms. The Morgan fingerprint density at radius 3 is 2.22 bits per heavy atom. The second-order valence-electron chi connectivity index (χ2n) is 9.73. The smallest absolute Gasteiger partial charge is 0.271 e. The minimum Gasteiger partial charge on any atom is -0.495 e. The predicted molar refractivity (Wildman–Crippen MR) is 146 cm³/mol. The van der Waals surface area contributed by atoms with Crippen LogP contribution < -0.4 is 19.9 Å². The quantitative estimate of drug-likeness (QED) is 0.272. The van der Waals surface area contributed by atoms with E-state index in [-0.39, 0.29) is 28.5 Å². The third-order valence-corrected chi connectivity index (χ3v) is 7.64. The van der Waals surface area contributed by atoms with Crippen LogP contribution in [0.1, 0.15) is 5.56 Å². The highest BCUT2D eigenvalue weighted by atomic mass is 16.6. The number of amides is 3. The molecule has 0 aromatic heterocycles. The lowest BCUT2D eigenvalue weighted by atomic mass is 9.88. The molecule has 0 saturated carbocycles. The van der Waals surface area contributed by atoms with Crippen LogP contribution in [-0.2, 0) is 14.4 Å². The van der Waals surface area contributed by atoms with Crippen LogP contribution in [0.25, 0.3) is 6.08 Å². The predicted octanol–water partition coefficient (Wildman–Crippen LogP) is 3.54. The number of non-ortho nitro benzene ring substituents is 2. The second kappa shape index (κ2) is 9.55. The molecule has 13 nitrogen and oxygen atoms in total. The number of fused-ring (bicyclic) bond motifs is 5. The van der Waals surface area contributed by atoms with Crippen molar-refractivity contribution in [1.82, 2.24) is 0 Å². The largest absolute Gasteiger partial charge is 0.495 e. The molecule has 2 fully saturated rings. The zero-order chi connectivity index (χ0) is 29.0. The van der Waals surface area contributed by atoms with E-state index in [0.29, 0.717) is 5.69 Å². The summed E-state index contributed by atoms with van der Waals surface area (Å²) in [4.78, 5) is 65.9. The molecular weight excluding hydrogens is 534 g/mol. The standard InChI is InChI=1S/C28H21N5O8/c1-41-22-13-11-18(33(39)40)14-21(22)31-27(35)23-20-12-6-15-4-2-3-5-19(15)30(20)25(24(23)28(31)36)26(34)29-16-7-9-17(10-8-16)32(37)38/h2-14,20,23-25H,1H3,(H,29,34)/t20-,23+,24+,25+/m1/s1. The summed E-state index contributed by atoms with van der Waals surface area (Å²) in [6, 6.07) is 14.3. The Hall–Kier alpha value is -5.59. The van der Waals surface area contributed by atoms with E-state index in [4.69, 9.17) is 4.74 Å². The number of nitrogens with one attached hydrogen (secondary N) is 1. The Morgan fingerprint density at radius 2 is 1.54 bits per heavy atom. The number of nitro groups is 2. The number of hydrogen-bond acceptors (Lipinski definition) is 9. The Bertz CT molecular complexity index is 1670. The van der Waals surface area contributed by atoms with Crippen molar-refractivity contribution in [3.8, 4) is 5.75 Å². The minimum absolute atomic E-state index is 0.0765. The van der Waals surface area contributed by atoms with Gasteiger partial charge in [-0.2, -0.15) is 0 Å². The first-order valence-corrected chi connectivity index (χ1v) is 12.5. The SMILES string of the molecule is COc1ccc([N+](=O)[O-])cc1N1C(=O)[C@@H]2[C@H](C1=O)[C@@H](C(=O)Nc1ccc([N+](=O)[O-])cc1)N1c3ccccc3C=C[C@H]21. The van der Waals surface area contributed by atoms with Crippen molar-refractivity contribution in [2.24, 2.45) is 11.8 Å². The molecule has 206 valence electrons. The maximum absolute atomic E-state index is 14.1. The van der Waals surface area contributed by atoms with Gasteiger partial charge in [0.2, 0.25) is 17.7 Å². The first-order chi connectivity index (χ1) is 19.7. The second-order valence-corrected chi connectivity index (χ2v) is 9.73. The molecule has 3 amide bonds. The van der Waals surface area contributed by atoms with E-state index < -0.39 is 51.5 Å². The van der Waals surface area contributed by atoms with Crippen molar-refractivity contribution in [2.75, 3.05) is 22.2 Å². The zero-order valence-corrected chi connectivity index (χ0v) is 21.4. The number of ether oxygens (including phenoxy) is 1. The number of nitro benzene ring substituents is 2. The van der Waals surface area contributed by atoms with Crippen LogP contribution in [0.15, 0.2) is 72.8 Å². The maximum atomic E-state index is 14.1. The van der Waals surface area contributed by atoms with Crippen LogP contribution in [0, 0.1) is 32.1 Å². The zero-order valence-electron chi connectivity index (χ0n) is 21.4. The highest BCUT2D eigenvalue weighted by Gasteiger charge is 2.64. The van der Waals surface area contributed by atoms with Gasteiger partial charge in [0.05, 0.1) is 34.8 Å². The number of imide groups is 1. The molecule has 4 atom stereocenters. The van der Waals surface area contributed by atoms with Crippen LogP contribution in [0.3, 0.4) is 0 Å². The van der Waals surface area contributed by atoms with Gasteiger partial charge in [-0.3, -0.25) is 34.6 Å². The van der Waals surface area contributed by atoms with Gasteiger partial charge >= 0.3 is 0 Å². The normalized spacial score (nSPS) is 22.2. The Labute approximate surface area is 231 Å². The van der Waals surface area contributed by atoms with Crippen molar-refractivity contribution < 1.29 is 29.0 Å². The topological polar surface area (TPSA) is 165 Å². The van der Waals surface area contributed by atoms with Gasteiger partial charge < -0.3 is 15.0 Å². The fourth-order valence-electron chi connectivity index (χ4n) is 5.90. The number of para-hydroxylation sites is 1. The number of rotatable bonds is 6. The summed E-state index contributed by atoms with van der Waals surface area (Å²) < 4.78 is 5.32. The highest BCUT2D eigenvalue weighted by Crippen LogP contribution is 2.50. The van der Waals surface area contributed by atoms with Crippen LogP contribution in [0.5, 0.6) is 5.75 Å². The van der Waals surface area contributed by atoms with Crippen molar-refractivity contribution in [1.29, 1.82) is 0 Å². The van der Waals surface area contributed by atoms with Crippen molar-refractivity contribution in [2.45, 2.75) is 12.1 Å². The molecule has 0 radical (unpaired) electrons. The fourth-order valence-corrected chi connectivity index (χ4v) is 5.90. The van der Waals surface area contributed by atoms with Crippen LogP contribution in [0.4, 0.5) is 28.4 Å². The van der Waals surface area contributed by atoms with Crippen LogP contribution >= 0.6 is 0 Å². The first kappa shape index (κ1) is 25.7. The number of carbonyl (C=O) groups excluding carboxylic acids is 3. The van der Waals surface area contributed by atoms with Gasteiger partial charge in [-0.05, 0) is 29.8 Å². The average Bonchev–Trinajstić information content (AvgIpc) is 3.45. The molecule has 3 heterocycles. The molecule has 6 rings (SSSR count). The molecule has 0 spiro atoms. The molecule has 0 bridgehead atoms. The lowest BCUT2D eigenvalue weighted by Crippen LogP contribution is -2.50. The van der Waals surface area contributed by atoms with Gasteiger partial charge in [0, 0.05) is 35.6 Å². The monoisotopic (exact) mass is 555 g/mol. The third kappa shape index (κ3) is 3.97. The lowest BCUT2D eigenvalue weighted by molar-refractivity contribution is -0.385. The number of nitrogens with zero attached hydrogens (tertiary/aromatic N) is 4. The van der Waals surface area contributed by atoms with Gasteiger partial charge in [-0.25, -0.2) is 4.90 Å². The minimum atomic E-state index is -1.14. The molecule has 3 aromatic rings. The molecule has 1 N–H and O–H groups in total. The molecule has 0 unspecified atom stereocenters. The molecule has 13 heteroatoms. The molecule has 3 aliphatic heterocycles. The molecule has 3 aromatic carbocycles. The third-order valence-electron chi connectivity index (χ3n) is 7.64.